The fourth-order valence-corrected chi connectivity index (χ4v) is 2.97. The minimum atomic E-state index is -0.542. The molecule has 7 nitrogen and oxygen atoms in total. The van der Waals surface area contributed by atoms with Gasteiger partial charge in [-0.25, -0.2) is 0 Å². The molecule has 0 radical (unpaired) electrons. The third kappa shape index (κ3) is 4.27. The summed E-state index contributed by atoms with van der Waals surface area (Å²) in [6.07, 6.45) is 6.90. The summed E-state index contributed by atoms with van der Waals surface area (Å²) in [5, 5.41) is 6.30. The molecule has 1 unspecified atom stereocenters. The highest BCUT2D eigenvalue weighted by Crippen LogP contribution is 2.34. The van der Waals surface area contributed by atoms with Crippen molar-refractivity contribution in [1.82, 2.24) is 20.6 Å². The maximum atomic E-state index is 13.0. The number of amides is 1. The number of hydrogen-bond donors (Lipinski definition) is 2. The minimum absolute atomic E-state index is 0.128. The van der Waals surface area contributed by atoms with Gasteiger partial charge in [0.1, 0.15) is 6.04 Å². The summed E-state index contributed by atoms with van der Waals surface area (Å²) in [4.78, 5) is 21.1. The summed E-state index contributed by atoms with van der Waals surface area (Å²) in [6, 6.07) is 12.6. The van der Waals surface area contributed by atoms with Crippen LogP contribution in [0.2, 0.25) is 0 Å². The molecule has 0 aliphatic carbocycles. The highest BCUT2D eigenvalue weighted by molar-refractivity contribution is 5.83. The number of hydrogen-bond acceptors (Lipinski definition) is 6. The van der Waals surface area contributed by atoms with Crippen LogP contribution < -0.4 is 20.1 Å². The van der Waals surface area contributed by atoms with Crippen LogP contribution in [0.1, 0.15) is 22.7 Å². The second-order valence-electron chi connectivity index (χ2n) is 6.36. The molecule has 1 atom stereocenters. The zero-order chi connectivity index (χ0) is 19.2. The van der Waals surface area contributed by atoms with Gasteiger partial charge in [-0.05, 0) is 47.0 Å². The van der Waals surface area contributed by atoms with Crippen molar-refractivity contribution in [2.24, 2.45) is 0 Å². The van der Waals surface area contributed by atoms with Crippen LogP contribution in [0, 0.1) is 0 Å². The zero-order valence-corrected chi connectivity index (χ0v) is 15.2. The van der Waals surface area contributed by atoms with Gasteiger partial charge in [-0.2, -0.15) is 0 Å². The van der Waals surface area contributed by atoms with Crippen molar-refractivity contribution in [1.29, 1.82) is 0 Å². The van der Waals surface area contributed by atoms with E-state index in [1.54, 1.807) is 24.8 Å². The Hall–Kier alpha value is -3.45. The van der Waals surface area contributed by atoms with Crippen LogP contribution in [-0.4, -0.2) is 22.7 Å². The predicted octanol–water partition coefficient (Wildman–Crippen LogP) is 2.35. The van der Waals surface area contributed by atoms with Gasteiger partial charge in [0.15, 0.2) is 11.5 Å². The number of ether oxygens (including phenoxy) is 2. The van der Waals surface area contributed by atoms with E-state index in [-0.39, 0.29) is 12.7 Å². The Morgan fingerprint density at radius 2 is 1.82 bits per heavy atom. The third-order valence-corrected chi connectivity index (χ3v) is 4.44. The monoisotopic (exact) mass is 376 g/mol. The third-order valence-electron chi connectivity index (χ3n) is 4.44. The molecule has 2 aromatic heterocycles. The molecular weight excluding hydrogens is 356 g/mol. The standard InChI is InChI=1S/C21H20N4O3/c26-21(25-13-16-2-1-7-23-11-16)20(24-12-15-5-8-22-9-6-15)17-3-4-18-19(10-17)28-14-27-18/h1-11,20,24H,12-14H2,(H,25,26). The van der Waals surface area contributed by atoms with Crippen LogP contribution in [0.3, 0.4) is 0 Å². The number of nitrogens with zero attached hydrogens (tertiary/aromatic N) is 2. The second kappa shape index (κ2) is 8.49. The lowest BCUT2D eigenvalue weighted by Crippen LogP contribution is -2.37. The molecule has 0 bridgehead atoms. The van der Waals surface area contributed by atoms with Crippen LogP contribution in [-0.2, 0) is 17.9 Å². The lowest BCUT2D eigenvalue weighted by molar-refractivity contribution is -0.123. The first-order valence-corrected chi connectivity index (χ1v) is 8.98. The lowest BCUT2D eigenvalue weighted by Gasteiger charge is -2.19. The number of pyridine rings is 2. The van der Waals surface area contributed by atoms with E-state index in [1.165, 1.54) is 0 Å². The van der Waals surface area contributed by atoms with Gasteiger partial charge >= 0.3 is 0 Å². The van der Waals surface area contributed by atoms with Crippen molar-refractivity contribution in [2.75, 3.05) is 6.79 Å². The summed E-state index contributed by atoms with van der Waals surface area (Å²) in [5.41, 5.74) is 2.79. The highest BCUT2D eigenvalue weighted by Gasteiger charge is 2.23. The van der Waals surface area contributed by atoms with E-state index < -0.39 is 6.04 Å². The molecular formula is C21H20N4O3. The van der Waals surface area contributed by atoms with Crippen molar-refractivity contribution in [3.8, 4) is 11.5 Å². The first-order valence-electron chi connectivity index (χ1n) is 8.98. The molecule has 1 aliphatic heterocycles. The van der Waals surface area contributed by atoms with Gasteiger partial charge in [-0.15, -0.1) is 0 Å². The van der Waals surface area contributed by atoms with Crippen molar-refractivity contribution in [2.45, 2.75) is 19.1 Å². The number of carbonyl (C=O) groups is 1. The number of fused-ring (bicyclic) bond motifs is 1. The van der Waals surface area contributed by atoms with Crippen molar-refractivity contribution >= 4 is 5.91 Å². The zero-order valence-electron chi connectivity index (χ0n) is 15.2. The van der Waals surface area contributed by atoms with Crippen LogP contribution in [0.25, 0.3) is 0 Å². The summed E-state index contributed by atoms with van der Waals surface area (Å²) < 4.78 is 10.8. The molecule has 1 aliphatic rings. The van der Waals surface area contributed by atoms with Gasteiger partial charge < -0.3 is 14.8 Å². The smallest absolute Gasteiger partial charge is 0.242 e. The quantitative estimate of drug-likeness (QED) is 0.658. The fourth-order valence-electron chi connectivity index (χ4n) is 2.97. The van der Waals surface area contributed by atoms with E-state index in [2.05, 4.69) is 20.6 Å². The molecule has 0 fully saturated rings. The van der Waals surface area contributed by atoms with E-state index in [0.29, 0.717) is 24.6 Å². The average molecular weight is 376 g/mol. The maximum Gasteiger partial charge on any atom is 0.242 e. The van der Waals surface area contributed by atoms with Gasteiger partial charge in [-0.3, -0.25) is 20.1 Å². The highest BCUT2D eigenvalue weighted by atomic mass is 16.7. The first kappa shape index (κ1) is 17.9. The Labute approximate surface area is 162 Å². The first-order chi connectivity index (χ1) is 13.8. The molecule has 0 spiro atoms. The summed E-state index contributed by atoms with van der Waals surface area (Å²) in [7, 11) is 0. The van der Waals surface area contributed by atoms with Crippen LogP contribution in [0.15, 0.2) is 67.3 Å². The van der Waals surface area contributed by atoms with Crippen molar-refractivity contribution in [3.63, 3.8) is 0 Å². The maximum absolute atomic E-state index is 13.0. The Morgan fingerprint density at radius 3 is 2.64 bits per heavy atom. The molecule has 142 valence electrons. The van der Waals surface area contributed by atoms with Crippen molar-refractivity contribution in [3.05, 3.63) is 83.9 Å². The predicted molar refractivity (Wildman–Crippen MR) is 102 cm³/mol. The number of benzene rings is 1. The largest absolute Gasteiger partial charge is 0.454 e. The number of aromatic nitrogens is 2. The lowest BCUT2D eigenvalue weighted by atomic mass is 10.0. The SMILES string of the molecule is O=C(NCc1cccnc1)C(NCc1ccncc1)c1ccc2c(c1)OCO2. The Morgan fingerprint density at radius 1 is 0.964 bits per heavy atom. The van der Waals surface area contributed by atoms with Crippen LogP contribution >= 0.6 is 0 Å². The summed E-state index contributed by atoms with van der Waals surface area (Å²) in [5.74, 6) is 1.21. The van der Waals surface area contributed by atoms with Crippen LogP contribution in [0.5, 0.6) is 11.5 Å². The molecule has 3 heterocycles. The van der Waals surface area contributed by atoms with E-state index in [1.807, 2.05) is 42.5 Å². The molecule has 3 aromatic rings. The fraction of sp³-hybridized carbons (Fsp3) is 0.190. The van der Waals surface area contributed by atoms with E-state index >= 15 is 0 Å². The molecule has 28 heavy (non-hydrogen) atoms. The van der Waals surface area contributed by atoms with E-state index in [4.69, 9.17) is 9.47 Å². The molecule has 1 aromatic carbocycles. The topological polar surface area (TPSA) is 85.4 Å². The second-order valence-corrected chi connectivity index (χ2v) is 6.36. The normalized spacial score (nSPS) is 13.1. The van der Waals surface area contributed by atoms with Gasteiger partial charge in [-0.1, -0.05) is 12.1 Å². The number of carbonyl (C=O) groups excluding carboxylic acids is 1. The van der Waals surface area contributed by atoms with Crippen LogP contribution in [0.4, 0.5) is 0 Å². The molecule has 1 amide bonds. The number of nitrogens with one attached hydrogen (secondary N) is 2. The van der Waals surface area contributed by atoms with Gasteiger partial charge in [0, 0.05) is 37.9 Å². The minimum Gasteiger partial charge on any atom is -0.454 e. The molecule has 4 rings (SSSR count). The van der Waals surface area contributed by atoms with E-state index in [9.17, 15) is 4.79 Å². The molecule has 7 heteroatoms. The Balaban J connectivity index is 1.51. The molecule has 2 N–H and O–H groups in total. The Bertz CT molecular complexity index is 935. The van der Waals surface area contributed by atoms with Crippen molar-refractivity contribution < 1.29 is 14.3 Å². The number of rotatable bonds is 7. The summed E-state index contributed by atoms with van der Waals surface area (Å²) in [6.45, 7) is 1.13. The van der Waals surface area contributed by atoms with Gasteiger partial charge in [0.05, 0.1) is 0 Å². The Kier molecular flexibility index (Phi) is 5.44. The van der Waals surface area contributed by atoms with Gasteiger partial charge in [0.2, 0.25) is 12.7 Å². The molecule has 0 saturated carbocycles. The average Bonchev–Trinajstić information content (AvgIpc) is 3.22. The van der Waals surface area contributed by atoms with Gasteiger partial charge in [0.25, 0.3) is 0 Å². The van der Waals surface area contributed by atoms with E-state index in [0.717, 1.165) is 16.7 Å². The summed E-state index contributed by atoms with van der Waals surface area (Å²) >= 11 is 0. The molecule has 0 saturated heterocycles.